The third kappa shape index (κ3) is 20.0. The van der Waals surface area contributed by atoms with Crippen LogP contribution in [0.5, 0.6) is 17.2 Å². The van der Waals surface area contributed by atoms with Crippen molar-refractivity contribution < 1.29 is 63.1 Å². The lowest BCUT2D eigenvalue weighted by atomic mass is 10.1. The predicted octanol–water partition coefficient (Wildman–Crippen LogP) is 4.14. The maximum Gasteiger partial charge on any atom is 0.119 e. The first-order chi connectivity index (χ1) is 28.5. The Morgan fingerprint density at radius 1 is 0.379 bits per heavy atom. The smallest absolute Gasteiger partial charge is 0.119 e. The summed E-state index contributed by atoms with van der Waals surface area (Å²) in [6, 6.07) is 38.6. The quantitative estimate of drug-likeness (QED) is 0.0509. The molecule has 6 unspecified atom stereocenters. The van der Waals surface area contributed by atoms with Gasteiger partial charge in [-0.15, -0.1) is 0 Å². The van der Waals surface area contributed by atoms with Gasteiger partial charge >= 0.3 is 0 Å². The van der Waals surface area contributed by atoms with Crippen molar-refractivity contribution >= 4 is 0 Å². The van der Waals surface area contributed by atoms with E-state index in [9.17, 15) is 15.3 Å². The molecule has 0 heterocycles. The first-order valence-corrected chi connectivity index (χ1v) is 19.8. The zero-order chi connectivity index (χ0) is 40.9. The number of ether oxygens (including phenoxy) is 9. The van der Waals surface area contributed by atoms with Crippen molar-refractivity contribution in [3.8, 4) is 17.2 Å². The molecule has 4 N–H and O–H groups in total. The first kappa shape index (κ1) is 46.6. The predicted molar refractivity (Wildman–Crippen MR) is 217 cm³/mol. The number of aliphatic hydroxyl groups excluding tert-OH is 4. The van der Waals surface area contributed by atoms with Gasteiger partial charge in [-0.3, -0.25) is 0 Å². The fraction of sp³-hybridized carbons (Fsp3) is 0.467. The Labute approximate surface area is 341 Å². The van der Waals surface area contributed by atoms with E-state index in [4.69, 9.17) is 47.7 Å². The van der Waals surface area contributed by atoms with Gasteiger partial charge in [0.2, 0.25) is 0 Å². The first-order valence-electron chi connectivity index (χ1n) is 19.8. The van der Waals surface area contributed by atoms with E-state index in [0.29, 0.717) is 24.7 Å². The maximum atomic E-state index is 10.1. The number of rotatable bonds is 33. The molecule has 0 aliphatic rings. The second kappa shape index (κ2) is 29.1. The molecule has 13 heteroatoms. The van der Waals surface area contributed by atoms with Crippen LogP contribution in [-0.4, -0.2) is 143 Å². The Balaban J connectivity index is 1.38. The topological polar surface area (TPSA) is 164 Å². The third-order valence-electron chi connectivity index (χ3n) is 8.65. The summed E-state index contributed by atoms with van der Waals surface area (Å²) in [4.78, 5) is 0. The highest BCUT2D eigenvalue weighted by Crippen LogP contribution is 2.15. The summed E-state index contributed by atoms with van der Waals surface area (Å²) in [5, 5.41) is 38.4. The Morgan fingerprint density at radius 3 is 1.16 bits per heavy atom. The van der Waals surface area contributed by atoms with Gasteiger partial charge in [0.1, 0.15) is 73.7 Å². The Hall–Kier alpha value is -4.12. The van der Waals surface area contributed by atoms with Crippen LogP contribution in [0.25, 0.3) is 0 Å². The standard InChI is InChI=1S/C45H60O13/c46-24-37(49)27-51-41(25-47)29-55-42(26-48)30-56-44(32-53-39-19-9-3-10-20-39)35-58-45(33-54-40-21-11-4-12-22-40)34-57-43(31-52-38-17-7-2-8-18-38)28-50-23-13-16-36-14-5-1-6-15-36/h1-12,14-15,17-22,37,41-49H,13,16,23-35H2. The van der Waals surface area contributed by atoms with Gasteiger partial charge in [-0.2, -0.15) is 0 Å². The van der Waals surface area contributed by atoms with Crippen LogP contribution in [0.4, 0.5) is 0 Å². The summed E-state index contributed by atoms with van der Waals surface area (Å²) in [6.07, 6.45) is -2.40. The zero-order valence-corrected chi connectivity index (χ0v) is 33.1. The van der Waals surface area contributed by atoms with Gasteiger partial charge in [-0.25, -0.2) is 0 Å². The van der Waals surface area contributed by atoms with E-state index in [1.54, 1.807) is 0 Å². The SMILES string of the molecule is OCC(O)COC(CO)COC(CO)COC(COc1ccccc1)COC(COc1ccccc1)COC(COCCCc1ccccc1)COc1ccccc1. The van der Waals surface area contributed by atoms with Crippen LogP contribution in [0.1, 0.15) is 12.0 Å². The molecule has 4 rings (SSSR count). The second-order valence-electron chi connectivity index (χ2n) is 13.5. The van der Waals surface area contributed by atoms with E-state index in [0.717, 1.165) is 18.6 Å². The fourth-order valence-corrected chi connectivity index (χ4v) is 5.37. The fourth-order valence-electron chi connectivity index (χ4n) is 5.37. The molecular weight excluding hydrogens is 748 g/mol. The Bertz CT molecular complexity index is 1540. The van der Waals surface area contributed by atoms with Gasteiger partial charge in [0.15, 0.2) is 0 Å². The molecule has 6 atom stereocenters. The van der Waals surface area contributed by atoms with Crippen molar-refractivity contribution in [1.29, 1.82) is 0 Å². The lowest BCUT2D eigenvalue weighted by Crippen LogP contribution is -2.39. The van der Waals surface area contributed by atoms with Crippen LogP contribution < -0.4 is 14.2 Å². The Morgan fingerprint density at radius 2 is 0.741 bits per heavy atom. The highest BCUT2D eigenvalue weighted by Gasteiger charge is 2.22. The molecule has 0 bridgehead atoms. The number of para-hydroxylation sites is 3. The third-order valence-corrected chi connectivity index (χ3v) is 8.65. The van der Waals surface area contributed by atoms with Gasteiger partial charge in [0.25, 0.3) is 0 Å². The molecule has 0 saturated carbocycles. The van der Waals surface area contributed by atoms with Crippen LogP contribution in [-0.2, 0) is 34.8 Å². The number of hydrogen-bond acceptors (Lipinski definition) is 13. The van der Waals surface area contributed by atoms with E-state index in [-0.39, 0.29) is 66.1 Å². The van der Waals surface area contributed by atoms with E-state index in [1.807, 2.05) is 109 Å². The molecule has 58 heavy (non-hydrogen) atoms. The lowest BCUT2D eigenvalue weighted by molar-refractivity contribution is -0.136. The average molecular weight is 809 g/mol. The lowest BCUT2D eigenvalue weighted by Gasteiger charge is -2.27. The second-order valence-corrected chi connectivity index (χ2v) is 13.5. The van der Waals surface area contributed by atoms with E-state index >= 15 is 0 Å². The van der Waals surface area contributed by atoms with Crippen molar-refractivity contribution in [3.05, 3.63) is 127 Å². The monoisotopic (exact) mass is 808 g/mol. The summed E-state index contributed by atoms with van der Waals surface area (Å²) in [7, 11) is 0. The number of benzene rings is 4. The molecule has 0 spiro atoms. The molecule has 13 nitrogen and oxygen atoms in total. The van der Waals surface area contributed by atoms with Gasteiger partial charge in [0.05, 0.1) is 59.5 Å². The van der Waals surface area contributed by atoms with Crippen LogP contribution in [0.2, 0.25) is 0 Å². The summed E-state index contributed by atoms with van der Waals surface area (Å²) in [6.45, 7) is 0.186. The van der Waals surface area contributed by atoms with Crippen LogP contribution in [0.3, 0.4) is 0 Å². The molecule has 0 aromatic heterocycles. The number of aryl methyl sites for hydroxylation is 1. The van der Waals surface area contributed by atoms with E-state index in [2.05, 4.69) is 12.1 Å². The molecule has 0 fully saturated rings. The molecule has 0 amide bonds. The largest absolute Gasteiger partial charge is 0.491 e. The van der Waals surface area contributed by atoms with Crippen molar-refractivity contribution in [2.75, 3.05) is 85.9 Å². The zero-order valence-electron chi connectivity index (χ0n) is 33.1. The van der Waals surface area contributed by atoms with Gasteiger partial charge in [-0.05, 0) is 54.8 Å². The molecule has 318 valence electrons. The van der Waals surface area contributed by atoms with Crippen LogP contribution >= 0.6 is 0 Å². The molecule has 0 saturated heterocycles. The molecule has 4 aromatic rings. The van der Waals surface area contributed by atoms with Crippen LogP contribution in [0.15, 0.2) is 121 Å². The maximum absolute atomic E-state index is 10.1. The molecule has 0 aliphatic heterocycles. The summed E-state index contributed by atoms with van der Waals surface area (Å²) in [5.41, 5.74) is 1.26. The van der Waals surface area contributed by atoms with E-state index < -0.39 is 43.2 Å². The highest BCUT2D eigenvalue weighted by atomic mass is 16.6. The van der Waals surface area contributed by atoms with Crippen molar-refractivity contribution in [3.63, 3.8) is 0 Å². The van der Waals surface area contributed by atoms with Gasteiger partial charge in [0, 0.05) is 6.61 Å². The average Bonchev–Trinajstić information content (AvgIpc) is 3.28. The molecular formula is C45H60O13. The summed E-state index contributed by atoms with van der Waals surface area (Å²) in [5.74, 6) is 2.06. The van der Waals surface area contributed by atoms with Crippen LogP contribution in [0, 0.1) is 0 Å². The summed E-state index contributed by atoms with van der Waals surface area (Å²) >= 11 is 0. The van der Waals surface area contributed by atoms with Crippen molar-refractivity contribution in [1.82, 2.24) is 0 Å². The number of hydrogen-bond donors (Lipinski definition) is 4. The van der Waals surface area contributed by atoms with Gasteiger partial charge < -0.3 is 63.1 Å². The molecule has 0 aliphatic carbocycles. The minimum absolute atomic E-state index is 0.0255. The molecule has 0 radical (unpaired) electrons. The summed E-state index contributed by atoms with van der Waals surface area (Å²) < 4.78 is 54.6. The van der Waals surface area contributed by atoms with Gasteiger partial charge in [-0.1, -0.05) is 84.9 Å². The number of aliphatic hydroxyl groups is 4. The Kier molecular flexibility index (Phi) is 23.4. The minimum atomic E-state index is -1.08. The van der Waals surface area contributed by atoms with Crippen molar-refractivity contribution in [2.45, 2.75) is 49.5 Å². The molecule has 4 aromatic carbocycles. The van der Waals surface area contributed by atoms with E-state index in [1.165, 1.54) is 5.56 Å². The van der Waals surface area contributed by atoms with Crippen molar-refractivity contribution in [2.24, 2.45) is 0 Å². The highest BCUT2D eigenvalue weighted by molar-refractivity contribution is 5.22. The minimum Gasteiger partial charge on any atom is -0.491 e. The normalized spacial score (nSPS) is 14.6.